The molecule has 1 aliphatic heterocycles. The van der Waals surface area contributed by atoms with Gasteiger partial charge in [-0.2, -0.15) is 10.5 Å². The summed E-state index contributed by atoms with van der Waals surface area (Å²) < 4.78 is 5.96. The van der Waals surface area contributed by atoms with Crippen molar-refractivity contribution < 1.29 is 9.84 Å². The van der Waals surface area contributed by atoms with Crippen molar-refractivity contribution in [2.75, 3.05) is 17.3 Å². The Balaban J connectivity index is 1.58. The lowest BCUT2D eigenvalue weighted by molar-refractivity contribution is -0.0567. The maximum atomic E-state index is 11.0. The van der Waals surface area contributed by atoms with Gasteiger partial charge in [-0.05, 0) is 61.9 Å². The lowest BCUT2D eigenvalue weighted by atomic mass is 9.86. The summed E-state index contributed by atoms with van der Waals surface area (Å²) in [5, 5.41) is 35.4. The second-order valence-corrected chi connectivity index (χ2v) is 9.19. The number of hydrogen-bond donors (Lipinski definition) is 3. The maximum absolute atomic E-state index is 11.0. The second-order valence-electron chi connectivity index (χ2n) is 9.19. The number of hydrogen-bond acceptors (Lipinski definition) is 6. The first kappa shape index (κ1) is 24.6. The predicted molar refractivity (Wildman–Crippen MR) is 139 cm³/mol. The minimum absolute atomic E-state index is 0.179. The van der Waals surface area contributed by atoms with Crippen molar-refractivity contribution in [3.8, 4) is 18.0 Å². The Morgan fingerprint density at radius 3 is 2.47 bits per heavy atom. The van der Waals surface area contributed by atoms with Gasteiger partial charge in [0.15, 0.2) is 6.19 Å². The number of nitriles is 2. The molecule has 0 aromatic heterocycles. The number of aliphatic imine (C=N–C) groups is 1. The zero-order valence-electron chi connectivity index (χ0n) is 20.4. The van der Waals surface area contributed by atoms with Gasteiger partial charge in [0, 0.05) is 30.5 Å². The molecule has 0 fully saturated rings. The van der Waals surface area contributed by atoms with Crippen LogP contribution in [0.15, 0.2) is 77.8 Å². The summed E-state index contributed by atoms with van der Waals surface area (Å²) >= 11 is 0. The van der Waals surface area contributed by atoms with Crippen LogP contribution in [0.5, 0.6) is 5.75 Å². The average Bonchev–Trinajstić information content (AvgIpc) is 2.87. The number of aliphatic hydroxyl groups excluding tert-OH is 1. The van der Waals surface area contributed by atoms with Crippen LogP contribution in [0.4, 0.5) is 11.4 Å². The minimum atomic E-state index is -1.01. The van der Waals surface area contributed by atoms with E-state index >= 15 is 0 Å². The van der Waals surface area contributed by atoms with Gasteiger partial charge in [0.05, 0.1) is 11.6 Å². The van der Waals surface area contributed by atoms with E-state index in [9.17, 15) is 15.6 Å². The van der Waals surface area contributed by atoms with Crippen LogP contribution >= 0.6 is 0 Å². The highest BCUT2D eigenvalue weighted by molar-refractivity contribution is 5.95. The fourth-order valence-corrected chi connectivity index (χ4v) is 4.15. The molecule has 8 heteroatoms. The van der Waals surface area contributed by atoms with E-state index < -0.39 is 17.7 Å². The number of guanidine groups is 1. The first-order valence-corrected chi connectivity index (χ1v) is 11.6. The van der Waals surface area contributed by atoms with E-state index in [0.29, 0.717) is 16.9 Å². The fourth-order valence-electron chi connectivity index (χ4n) is 4.15. The van der Waals surface area contributed by atoms with Crippen LogP contribution < -0.4 is 20.3 Å². The molecule has 0 radical (unpaired) electrons. The third kappa shape index (κ3) is 5.41. The standard InChI is InChI=1S/C28H28N6O2/c1-28(2)26(35)25(23-15-20(16-29)9-14-24(23)36-28)33-27(31-18-30)32-21-10-12-22(13-11-21)34(3)17-19-7-5-4-6-8-19/h4-15,25-26,35H,17H2,1-3H3,(H2,31,32,33)/t25-,26+/m1/s1. The van der Waals surface area contributed by atoms with Crippen LogP contribution in [0.3, 0.4) is 0 Å². The third-order valence-corrected chi connectivity index (χ3v) is 6.12. The van der Waals surface area contributed by atoms with Gasteiger partial charge in [-0.3, -0.25) is 5.32 Å². The molecule has 0 bridgehead atoms. The molecule has 0 saturated carbocycles. The van der Waals surface area contributed by atoms with Crippen LogP contribution in [0.2, 0.25) is 0 Å². The molecule has 0 spiro atoms. The van der Waals surface area contributed by atoms with Gasteiger partial charge in [0.1, 0.15) is 23.5 Å². The topological polar surface area (TPSA) is 117 Å². The summed E-state index contributed by atoms with van der Waals surface area (Å²) in [4.78, 5) is 6.79. The SMILES string of the molecule is CN(Cc1ccccc1)c1ccc(NC(=N[C@@H]2c3cc(C#N)ccc3OC(C)(C)[C@H]2O)NC#N)cc1. The Morgan fingerprint density at radius 1 is 1.08 bits per heavy atom. The lowest BCUT2D eigenvalue weighted by Crippen LogP contribution is -2.49. The summed E-state index contributed by atoms with van der Waals surface area (Å²) in [7, 11) is 2.03. The van der Waals surface area contributed by atoms with Crippen LogP contribution in [-0.2, 0) is 6.54 Å². The number of aliphatic hydroxyl groups is 1. The normalized spacial score (nSPS) is 18.1. The Kier molecular flexibility index (Phi) is 7.10. The average molecular weight is 481 g/mol. The molecule has 1 aliphatic rings. The molecule has 1 heterocycles. The fraction of sp³-hybridized carbons (Fsp3) is 0.250. The van der Waals surface area contributed by atoms with Gasteiger partial charge >= 0.3 is 0 Å². The van der Waals surface area contributed by atoms with Crippen LogP contribution in [-0.4, -0.2) is 29.8 Å². The highest BCUT2D eigenvalue weighted by Crippen LogP contribution is 2.42. The largest absolute Gasteiger partial charge is 0.485 e. The van der Waals surface area contributed by atoms with Crippen molar-refractivity contribution in [3.05, 3.63) is 89.5 Å². The number of nitrogens with zero attached hydrogens (tertiary/aromatic N) is 4. The highest BCUT2D eigenvalue weighted by atomic mass is 16.5. The first-order chi connectivity index (χ1) is 17.3. The number of benzene rings is 3. The van der Waals surface area contributed by atoms with E-state index in [-0.39, 0.29) is 5.96 Å². The van der Waals surface area contributed by atoms with E-state index in [1.54, 1.807) is 32.0 Å². The zero-order valence-corrected chi connectivity index (χ0v) is 20.4. The molecule has 36 heavy (non-hydrogen) atoms. The third-order valence-electron chi connectivity index (χ3n) is 6.12. The van der Waals surface area contributed by atoms with E-state index in [0.717, 1.165) is 17.9 Å². The molecule has 3 N–H and O–H groups in total. The van der Waals surface area contributed by atoms with Gasteiger partial charge in [0.25, 0.3) is 0 Å². The molecule has 3 aromatic rings. The van der Waals surface area contributed by atoms with E-state index in [2.05, 4.69) is 38.7 Å². The van der Waals surface area contributed by atoms with Gasteiger partial charge in [-0.15, -0.1) is 0 Å². The van der Waals surface area contributed by atoms with Crippen LogP contribution in [0, 0.1) is 22.8 Å². The molecule has 4 rings (SSSR count). The highest BCUT2D eigenvalue weighted by Gasteiger charge is 2.43. The molecular weight excluding hydrogens is 452 g/mol. The van der Waals surface area contributed by atoms with Crippen molar-refractivity contribution >= 4 is 17.3 Å². The maximum Gasteiger partial charge on any atom is 0.209 e. The molecule has 3 aromatic carbocycles. The zero-order chi connectivity index (χ0) is 25.7. The van der Waals surface area contributed by atoms with Gasteiger partial charge in [-0.25, -0.2) is 4.99 Å². The van der Waals surface area contributed by atoms with Crippen molar-refractivity contribution in [1.29, 1.82) is 10.5 Å². The number of fused-ring (bicyclic) bond motifs is 1. The summed E-state index contributed by atoms with van der Waals surface area (Å²) in [6, 6.07) is 24.4. The lowest BCUT2D eigenvalue weighted by Gasteiger charge is -2.40. The summed E-state index contributed by atoms with van der Waals surface area (Å²) in [5.74, 6) is 0.720. The van der Waals surface area contributed by atoms with E-state index in [1.165, 1.54) is 5.56 Å². The number of ether oxygens (including phenoxy) is 1. The molecule has 182 valence electrons. The summed E-state index contributed by atoms with van der Waals surface area (Å²) in [5.41, 5.74) is 3.07. The van der Waals surface area contributed by atoms with Crippen molar-refractivity contribution in [1.82, 2.24) is 5.32 Å². The number of anilines is 2. The molecule has 8 nitrogen and oxygen atoms in total. The van der Waals surface area contributed by atoms with Crippen molar-refractivity contribution in [2.24, 2.45) is 4.99 Å². The predicted octanol–water partition coefficient (Wildman–Crippen LogP) is 4.31. The van der Waals surface area contributed by atoms with Gasteiger partial charge in [0.2, 0.25) is 5.96 Å². The molecule has 0 aliphatic carbocycles. The second kappa shape index (κ2) is 10.4. The minimum Gasteiger partial charge on any atom is -0.485 e. The molecule has 2 atom stereocenters. The van der Waals surface area contributed by atoms with Crippen LogP contribution in [0.1, 0.15) is 36.6 Å². The van der Waals surface area contributed by atoms with E-state index in [1.807, 2.05) is 55.7 Å². The Morgan fingerprint density at radius 2 is 1.81 bits per heavy atom. The monoisotopic (exact) mass is 480 g/mol. The summed E-state index contributed by atoms with van der Waals surface area (Å²) in [6.07, 6.45) is 0.891. The molecule has 0 amide bonds. The Labute approximate surface area is 211 Å². The van der Waals surface area contributed by atoms with Gasteiger partial charge in [-0.1, -0.05) is 30.3 Å². The van der Waals surface area contributed by atoms with Gasteiger partial charge < -0.3 is 20.1 Å². The van der Waals surface area contributed by atoms with E-state index in [4.69, 9.17) is 4.74 Å². The Hall–Kier alpha value is -4.53. The molecular formula is C28H28N6O2. The number of rotatable bonds is 5. The first-order valence-electron chi connectivity index (χ1n) is 11.6. The molecule has 0 unspecified atom stereocenters. The van der Waals surface area contributed by atoms with Crippen molar-refractivity contribution in [2.45, 2.75) is 38.1 Å². The molecule has 0 saturated heterocycles. The smallest absolute Gasteiger partial charge is 0.209 e. The van der Waals surface area contributed by atoms with Crippen molar-refractivity contribution in [3.63, 3.8) is 0 Å². The summed E-state index contributed by atoms with van der Waals surface area (Å²) in [6.45, 7) is 4.32. The van der Waals surface area contributed by atoms with Crippen LogP contribution in [0.25, 0.3) is 0 Å². The number of nitrogens with one attached hydrogen (secondary N) is 2. The quantitative estimate of drug-likeness (QED) is 0.216. The Bertz CT molecular complexity index is 1320.